The highest BCUT2D eigenvalue weighted by Gasteiger charge is 2.21. The van der Waals surface area contributed by atoms with Gasteiger partial charge >= 0.3 is 11.9 Å². The van der Waals surface area contributed by atoms with E-state index in [-0.39, 0.29) is 0 Å². The smallest absolute Gasteiger partial charge is 0.339 e. The molecule has 0 aliphatic rings. The van der Waals surface area contributed by atoms with Crippen molar-refractivity contribution in [1.29, 1.82) is 0 Å². The lowest BCUT2D eigenvalue weighted by Crippen LogP contribution is -2.16. The Bertz CT molecular complexity index is 576. The second kappa shape index (κ2) is 10.9. The van der Waals surface area contributed by atoms with Gasteiger partial charge in [-0.1, -0.05) is 34.1 Å². The molecule has 0 fully saturated rings. The van der Waals surface area contributed by atoms with Crippen molar-refractivity contribution < 1.29 is 19.1 Å². The van der Waals surface area contributed by atoms with Crippen molar-refractivity contribution >= 4 is 11.9 Å². The number of unbranched alkanes of at least 4 members (excludes halogenated alkanes) is 1. The molecule has 0 aromatic heterocycles. The highest BCUT2D eigenvalue weighted by molar-refractivity contribution is 6.03. The lowest BCUT2D eigenvalue weighted by Gasteiger charge is -2.13. The van der Waals surface area contributed by atoms with Crippen LogP contribution >= 0.6 is 0 Å². The summed E-state index contributed by atoms with van der Waals surface area (Å²) >= 11 is 0. The van der Waals surface area contributed by atoms with Crippen LogP contribution < -0.4 is 0 Å². The van der Waals surface area contributed by atoms with Crippen LogP contribution in [0, 0.1) is 12.8 Å². The third-order valence-corrected chi connectivity index (χ3v) is 4.19. The van der Waals surface area contributed by atoms with Crippen molar-refractivity contribution in [3.63, 3.8) is 0 Å². The van der Waals surface area contributed by atoms with E-state index in [9.17, 15) is 9.59 Å². The lowest BCUT2D eigenvalue weighted by molar-refractivity contribution is 0.0450. The van der Waals surface area contributed by atoms with Crippen molar-refractivity contribution in [3.05, 3.63) is 34.4 Å². The Kier molecular flexibility index (Phi) is 9.25. The van der Waals surface area contributed by atoms with E-state index in [1.54, 1.807) is 12.1 Å². The van der Waals surface area contributed by atoms with Crippen molar-refractivity contribution in [3.8, 4) is 0 Å². The van der Waals surface area contributed by atoms with Crippen LogP contribution in [0.25, 0.3) is 0 Å². The zero-order valence-corrected chi connectivity index (χ0v) is 16.3. The Labute approximate surface area is 151 Å². The van der Waals surface area contributed by atoms with E-state index in [0.29, 0.717) is 30.3 Å². The molecule has 25 heavy (non-hydrogen) atoms. The van der Waals surface area contributed by atoms with Gasteiger partial charge in [-0.25, -0.2) is 9.59 Å². The van der Waals surface area contributed by atoms with Gasteiger partial charge in [-0.2, -0.15) is 0 Å². The van der Waals surface area contributed by atoms with Gasteiger partial charge in [0.1, 0.15) is 0 Å². The van der Waals surface area contributed by atoms with Gasteiger partial charge in [0.2, 0.25) is 0 Å². The first-order valence-corrected chi connectivity index (χ1v) is 9.38. The highest BCUT2D eigenvalue weighted by Crippen LogP contribution is 2.20. The number of rotatable bonds is 10. The molecule has 0 atom stereocenters. The topological polar surface area (TPSA) is 52.6 Å². The summed E-state index contributed by atoms with van der Waals surface area (Å²) in [4.78, 5) is 24.9. The van der Waals surface area contributed by atoms with Gasteiger partial charge in [-0.3, -0.25) is 0 Å². The molecule has 0 radical (unpaired) electrons. The Morgan fingerprint density at radius 2 is 1.52 bits per heavy atom. The number of hydrogen-bond donors (Lipinski definition) is 0. The van der Waals surface area contributed by atoms with E-state index in [1.165, 1.54) is 0 Å². The summed E-state index contributed by atoms with van der Waals surface area (Å²) in [6, 6.07) is 3.52. The molecule has 0 aliphatic carbocycles. The summed E-state index contributed by atoms with van der Waals surface area (Å²) in [6.45, 7) is 11.0. The van der Waals surface area contributed by atoms with Crippen LogP contribution in [0.2, 0.25) is 0 Å². The largest absolute Gasteiger partial charge is 0.462 e. The fourth-order valence-corrected chi connectivity index (χ4v) is 2.59. The van der Waals surface area contributed by atoms with Crippen LogP contribution in [0.1, 0.15) is 85.2 Å². The van der Waals surface area contributed by atoms with Crippen LogP contribution in [-0.4, -0.2) is 25.2 Å². The normalized spacial score (nSPS) is 10.8. The molecule has 140 valence electrons. The number of carbonyl (C=O) groups excluding carboxylic acids is 2. The maximum atomic E-state index is 12.5. The zero-order valence-electron chi connectivity index (χ0n) is 16.3. The standard InChI is InChI=1S/C21H32O4/c1-6-8-11-24-20(22)18-13-16(5)17(7-2)14-19(18)21(23)25-12-9-10-15(3)4/h13-15H,6-12H2,1-5H3. The number of aryl methyl sites for hydroxylation is 2. The second-order valence-electron chi connectivity index (χ2n) is 6.84. The van der Waals surface area contributed by atoms with Crippen molar-refractivity contribution in [2.24, 2.45) is 5.92 Å². The van der Waals surface area contributed by atoms with Crippen molar-refractivity contribution in [2.45, 2.75) is 66.7 Å². The molecule has 0 saturated heterocycles. The molecule has 0 spiro atoms. The Balaban J connectivity index is 2.93. The van der Waals surface area contributed by atoms with E-state index in [2.05, 4.69) is 13.8 Å². The predicted octanol–water partition coefficient (Wildman–Crippen LogP) is 5.11. The Morgan fingerprint density at radius 3 is 2.04 bits per heavy atom. The minimum absolute atomic E-state index is 0.305. The molecular formula is C21H32O4. The van der Waals surface area contributed by atoms with Gasteiger partial charge < -0.3 is 9.47 Å². The summed E-state index contributed by atoms with van der Waals surface area (Å²) in [7, 11) is 0. The monoisotopic (exact) mass is 348 g/mol. The van der Waals surface area contributed by atoms with Crippen LogP contribution in [0.3, 0.4) is 0 Å². The number of carbonyl (C=O) groups is 2. The number of benzene rings is 1. The first-order valence-electron chi connectivity index (χ1n) is 9.38. The molecule has 1 aromatic rings. The maximum Gasteiger partial charge on any atom is 0.339 e. The number of esters is 2. The van der Waals surface area contributed by atoms with Crippen molar-refractivity contribution in [1.82, 2.24) is 0 Å². The summed E-state index contributed by atoms with van der Waals surface area (Å²) in [6.07, 6.45) is 4.39. The molecule has 1 rings (SSSR count). The minimum Gasteiger partial charge on any atom is -0.462 e. The third kappa shape index (κ3) is 6.89. The first-order chi connectivity index (χ1) is 11.9. The third-order valence-electron chi connectivity index (χ3n) is 4.19. The summed E-state index contributed by atoms with van der Waals surface area (Å²) < 4.78 is 10.7. The summed E-state index contributed by atoms with van der Waals surface area (Å²) in [5.74, 6) is -0.317. The van der Waals surface area contributed by atoms with E-state index < -0.39 is 11.9 Å². The zero-order chi connectivity index (χ0) is 18.8. The number of ether oxygens (including phenoxy) is 2. The van der Waals surface area contributed by atoms with Gasteiger partial charge in [0, 0.05) is 0 Å². The SMILES string of the molecule is CCCCOC(=O)c1cc(C)c(CC)cc1C(=O)OCCCC(C)C. The van der Waals surface area contributed by atoms with Crippen LogP contribution in [-0.2, 0) is 15.9 Å². The average molecular weight is 348 g/mol. The van der Waals surface area contributed by atoms with Gasteiger partial charge in [-0.15, -0.1) is 0 Å². The van der Waals surface area contributed by atoms with Crippen molar-refractivity contribution in [2.75, 3.05) is 13.2 Å². The maximum absolute atomic E-state index is 12.5. The molecule has 4 heteroatoms. The van der Waals surface area contributed by atoms with Gasteiger partial charge in [0.05, 0.1) is 24.3 Å². The molecule has 0 amide bonds. The molecule has 0 saturated carbocycles. The van der Waals surface area contributed by atoms with Gasteiger partial charge in [0.25, 0.3) is 0 Å². The molecule has 0 heterocycles. The lowest BCUT2D eigenvalue weighted by atomic mass is 9.97. The average Bonchev–Trinajstić information content (AvgIpc) is 2.58. The van der Waals surface area contributed by atoms with Gasteiger partial charge in [-0.05, 0) is 61.8 Å². The Hall–Kier alpha value is -1.84. The van der Waals surface area contributed by atoms with Gasteiger partial charge in [0.15, 0.2) is 0 Å². The summed E-state index contributed by atoms with van der Waals surface area (Å²) in [5.41, 5.74) is 2.65. The molecule has 0 N–H and O–H groups in total. The van der Waals surface area contributed by atoms with E-state index in [0.717, 1.165) is 43.2 Å². The molecule has 0 aliphatic heterocycles. The quantitative estimate of drug-likeness (QED) is 0.436. The van der Waals surface area contributed by atoms with Crippen LogP contribution in [0.15, 0.2) is 12.1 Å². The summed E-state index contributed by atoms with van der Waals surface area (Å²) in [5, 5.41) is 0. The fraction of sp³-hybridized carbons (Fsp3) is 0.619. The molecular weight excluding hydrogens is 316 g/mol. The van der Waals surface area contributed by atoms with E-state index >= 15 is 0 Å². The second-order valence-corrected chi connectivity index (χ2v) is 6.84. The fourth-order valence-electron chi connectivity index (χ4n) is 2.59. The first kappa shape index (κ1) is 21.2. The van der Waals surface area contributed by atoms with Crippen LogP contribution in [0.4, 0.5) is 0 Å². The molecule has 4 nitrogen and oxygen atoms in total. The Morgan fingerprint density at radius 1 is 0.960 bits per heavy atom. The predicted molar refractivity (Wildman–Crippen MR) is 100 cm³/mol. The van der Waals surface area contributed by atoms with E-state index in [4.69, 9.17) is 9.47 Å². The molecule has 0 bridgehead atoms. The number of hydrogen-bond acceptors (Lipinski definition) is 4. The van der Waals surface area contributed by atoms with E-state index in [1.807, 2.05) is 20.8 Å². The molecule has 0 unspecified atom stereocenters. The van der Waals surface area contributed by atoms with Crippen LogP contribution in [0.5, 0.6) is 0 Å². The molecule has 1 aromatic carbocycles. The highest BCUT2D eigenvalue weighted by atomic mass is 16.5. The minimum atomic E-state index is -0.451.